The lowest BCUT2D eigenvalue weighted by Crippen LogP contribution is -1.84. The predicted molar refractivity (Wildman–Crippen MR) is 59.2 cm³/mol. The summed E-state index contributed by atoms with van der Waals surface area (Å²) >= 11 is 1.72. The third-order valence-electron chi connectivity index (χ3n) is 2.34. The second kappa shape index (κ2) is 3.54. The van der Waals surface area contributed by atoms with Crippen LogP contribution >= 0.6 is 11.3 Å². The van der Waals surface area contributed by atoms with Gasteiger partial charge in [-0.3, -0.25) is 0 Å². The van der Waals surface area contributed by atoms with Crippen LogP contribution in [0, 0.1) is 19.7 Å². The van der Waals surface area contributed by atoms with Gasteiger partial charge < -0.3 is 0 Å². The van der Waals surface area contributed by atoms with Crippen molar-refractivity contribution < 1.29 is 4.39 Å². The summed E-state index contributed by atoms with van der Waals surface area (Å²) < 4.78 is 12.9. The first-order chi connectivity index (χ1) is 6.68. The van der Waals surface area contributed by atoms with Crippen LogP contribution in [0.4, 0.5) is 4.39 Å². The molecule has 0 saturated heterocycles. The van der Waals surface area contributed by atoms with Crippen LogP contribution in [0.2, 0.25) is 0 Å². The zero-order valence-electron chi connectivity index (χ0n) is 8.17. The molecule has 0 atom stereocenters. The molecule has 0 spiro atoms. The van der Waals surface area contributed by atoms with Crippen LogP contribution in [0.1, 0.15) is 10.4 Å². The lowest BCUT2D eigenvalue weighted by Gasteiger charge is -2.04. The molecule has 1 aromatic heterocycles. The van der Waals surface area contributed by atoms with Gasteiger partial charge in [0.15, 0.2) is 0 Å². The maximum absolute atomic E-state index is 12.9. The van der Waals surface area contributed by atoms with Gasteiger partial charge in [-0.1, -0.05) is 6.07 Å². The minimum absolute atomic E-state index is 0.167. The van der Waals surface area contributed by atoms with Crippen molar-refractivity contribution in [3.05, 3.63) is 45.9 Å². The van der Waals surface area contributed by atoms with Crippen LogP contribution in [0.25, 0.3) is 11.1 Å². The highest BCUT2D eigenvalue weighted by molar-refractivity contribution is 7.10. The first-order valence-electron chi connectivity index (χ1n) is 4.49. The van der Waals surface area contributed by atoms with Crippen LogP contribution in [-0.4, -0.2) is 0 Å². The average molecular weight is 206 g/mol. The largest absolute Gasteiger partial charge is 0.207 e. The Morgan fingerprint density at radius 3 is 2.43 bits per heavy atom. The molecule has 0 nitrogen and oxygen atoms in total. The van der Waals surface area contributed by atoms with Gasteiger partial charge in [0.1, 0.15) is 5.82 Å². The van der Waals surface area contributed by atoms with Gasteiger partial charge in [-0.15, -0.1) is 11.3 Å². The predicted octanol–water partition coefficient (Wildman–Crippen LogP) is 4.17. The Hall–Kier alpha value is -1.15. The molecular weight excluding hydrogens is 195 g/mol. The Morgan fingerprint density at radius 2 is 1.86 bits per heavy atom. The van der Waals surface area contributed by atoms with E-state index in [1.54, 1.807) is 17.4 Å². The van der Waals surface area contributed by atoms with E-state index in [9.17, 15) is 4.39 Å². The highest BCUT2D eigenvalue weighted by Gasteiger charge is 2.06. The number of aryl methyl sites for hydroxylation is 2. The van der Waals surface area contributed by atoms with Crippen molar-refractivity contribution in [2.75, 3.05) is 0 Å². The van der Waals surface area contributed by atoms with Crippen molar-refractivity contribution >= 4 is 11.3 Å². The molecule has 0 aliphatic heterocycles. The van der Waals surface area contributed by atoms with Crippen molar-refractivity contribution in [3.8, 4) is 11.1 Å². The van der Waals surface area contributed by atoms with Crippen molar-refractivity contribution in [2.24, 2.45) is 0 Å². The van der Waals surface area contributed by atoms with E-state index < -0.39 is 0 Å². The van der Waals surface area contributed by atoms with Gasteiger partial charge in [0.2, 0.25) is 0 Å². The summed E-state index contributed by atoms with van der Waals surface area (Å²) in [6.45, 7) is 4.03. The number of hydrogen-bond acceptors (Lipinski definition) is 1. The lowest BCUT2D eigenvalue weighted by atomic mass is 10.0. The average Bonchev–Trinajstić information content (AvgIpc) is 2.52. The highest BCUT2D eigenvalue weighted by atomic mass is 32.1. The van der Waals surface area contributed by atoms with E-state index in [0.717, 1.165) is 11.1 Å². The summed E-state index contributed by atoms with van der Waals surface area (Å²) in [5, 5.41) is 2.06. The third-order valence-corrected chi connectivity index (χ3v) is 3.18. The molecule has 0 aliphatic rings. The fourth-order valence-corrected chi connectivity index (χ4v) is 2.31. The maximum atomic E-state index is 12.9. The quantitative estimate of drug-likeness (QED) is 0.657. The van der Waals surface area contributed by atoms with Crippen LogP contribution in [0.3, 0.4) is 0 Å². The molecule has 72 valence electrons. The monoisotopic (exact) mass is 206 g/mol. The molecule has 0 amide bonds. The fraction of sp³-hybridized carbons (Fsp3) is 0.167. The summed E-state index contributed by atoms with van der Waals surface area (Å²) in [5.74, 6) is -0.167. The van der Waals surface area contributed by atoms with E-state index in [-0.39, 0.29) is 5.82 Å². The van der Waals surface area contributed by atoms with Gasteiger partial charge >= 0.3 is 0 Å². The lowest BCUT2D eigenvalue weighted by molar-refractivity contribution is 0.627. The number of hydrogen-bond donors (Lipinski definition) is 0. The normalized spacial score (nSPS) is 10.5. The highest BCUT2D eigenvalue weighted by Crippen LogP contribution is 2.30. The van der Waals surface area contributed by atoms with Gasteiger partial charge in [-0.25, -0.2) is 4.39 Å². The van der Waals surface area contributed by atoms with Crippen molar-refractivity contribution in [3.63, 3.8) is 0 Å². The number of halogens is 1. The first kappa shape index (κ1) is 9.41. The van der Waals surface area contributed by atoms with E-state index in [1.807, 2.05) is 13.0 Å². The number of benzene rings is 1. The molecule has 1 heterocycles. The molecule has 0 radical (unpaired) electrons. The smallest absolute Gasteiger partial charge is 0.123 e. The fourth-order valence-electron chi connectivity index (χ4n) is 1.59. The summed E-state index contributed by atoms with van der Waals surface area (Å²) in [5.41, 5.74) is 3.34. The Balaban J connectivity index is 2.58. The van der Waals surface area contributed by atoms with Gasteiger partial charge in [0.25, 0.3) is 0 Å². The Morgan fingerprint density at radius 1 is 1.07 bits per heavy atom. The minimum Gasteiger partial charge on any atom is -0.207 e. The molecule has 2 aromatic rings. The molecular formula is C12H11FS. The molecule has 0 N–H and O–H groups in total. The molecule has 0 saturated carbocycles. The zero-order chi connectivity index (χ0) is 10.1. The molecule has 2 rings (SSSR count). The van der Waals surface area contributed by atoms with Crippen LogP contribution in [-0.2, 0) is 0 Å². The maximum Gasteiger partial charge on any atom is 0.123 e. The van der Waals surface area contributed by atoms with E-state index in [0.29, 0.717) is 0 Å². The van der Waals surface area contributed by atoms with Gasteiger partial charge in [-0.2, -0.15) is 0 Å². The number of thiophene rings is 1. The van der Waals surface area contributed by atoms with E-state index >= 15 is 0 Å². The van der Waals surface area contributed by atoms with E-state index in [2.05, 4.69) is 18.4 Å². The SMILES string of the molecule is Cc1cc(F)ccc1-c1ccsc1C. The molecule has 0 fully saturated rings. The van der Waals surface area contributed by atoms with E-state index in [1.165, 1.54) is 16.5 Å². The summed E-state index contributed by atoms with van der Waals surface area (Å²) in [4.78, 5) is 1.28. The molecule has 0 unspecified atom stereocenters. The standard InChI is InChI=1S/C12H11FS/c1-8-7-10(13)3-4-11(8)12-5-6-14-9(12)2/h3-7H,1-2H3. The summed E-state index contributed by atoms with van der Waals surface area (Å²) in [6.07, 6.45) is 0. The van der Waals surface area contributed by atoms with Crippen LogP contribution in [0.15, 0.2) is 29.6 Å². The molecule has 0 bridgehead atoms. The molecule has 1 aromatic carbocycles. The molecule has 14 heavy (non-hydrogen) atoms. The Labute approximate surface area is 87.0 Å². The second-order valence-corrected chi connectivity index (χ2v) is 4.47. The van der Waals surface area contributed by atoms with Crippen LogP contribution in [0.5, 0.6) is 0 Å². The topological polar surface area (TPSA) is 0 Å². The Bertz CT molecular complexity index is 457. The third kappa shape index (κ3) is 1.58. The number of rotatable bonds is 1. The Kier molecular flexibility index (Phi) is 2.38. The molecule has 2 heteroatoms. The van der Waals surface area contributed by atoms with Crippen LogP contribution < -0.4 is 0 Å². The van der Waals surface area contributed by atoms with Crippen molar-refractivity contribution in [2.45, 2.75) is 13.8 Å². The van der Waals surface area contributed by atoms with Gasteiger partial charge in [-0.05, 0) is 54.1 Å². The minimum atomic E-state index is -0.167. The second-order valence-electron chi connectivity index (χ2n) is 3.35. The summed E-state index contributed by atoms with van der Waals surface area (Å²) in [6, 6.07) is 7.02. The van der Waals surface area contributed by atoms with Gasteiger partial charge in [0.05, 0.1) is 0 Å². The zero-order valence-corrected chi connectivity index (χ0v) is 8.99. The van der Waals surface area contributed by atoms with E-state index in [4.69, 9.17) is 0 Å². The summed E-state index contributed by atoms with van der Waals surface area (Å²) in [7, 11) is 0. The molecule has 0 aliphatic carbocycles. The first-order valence-corrected chi connectivity index (χ1v) is 5.37. The van der Waals surface area contributed by atoms with Crippen molar-refractivity contribution in [1.82, 2.24) is 0 Å². The van der Waals surface area contributed by atoms with Gasteiger partial charge in [0, 0.05) is 4.88 Å². The van der Waals surface area contributed by atoms with Crippen molar-refractivity contribution in [1.29, 1.82) is 0 Å².